The van der Waals surface area contributed by atoms with Crippen LogP contribution in [-0.4, -0.2) is 75.8 Å². The number of nitrogens with zero attached hydrogens (tertiary/aromatic N) is 3. The Bertz CT molecular complexity index is 807. The minimum atomic E-state index is -3.68. The number of hydrogen-bond donors (Lipinski definition) is 0. The molecule has 2 amide bonds. The fourth-order valence-electron chi connectivity index (χ4n) is 2.81. The zero-order chi connectivity index (χ0) is 20.2. The summed E-state index contributed by atoms with van der Waals surface area (Å²) in [6.07, 6.45) is 0.649. The highest BCUT2D eigenvalue weighted by Gasteiger charge is 2.29. The molecule has 2 rings (SSSR count). The summed E-state index contributed by atoms with van der Waals surface area (Å²) in [7, 11) is -3.68. The maximum atomic E-state index is 12.7. The molecule has 1 heterocycles. The number of piperazine rings is 1. The first-order chi connectivity index (χ1) is 12.6. The van der Waals surface area contributed by atoms with Crippen molar-refractivity contribution in [2.75, 3.05) is 49.9 Å². The summed E-state index contributed by atoms with van der Waals surface area (Å²) < 4.78 is 30.6. The molecule has 0 atom stereocenters. The van der Waals surface area contributed by atoms with Gasteiger partial charge in [-0.3, -0.25) is 9.10 Å². The van der Waals surface area contributed by atoms with E-state index in [1.165, 1.54) is 11.0 Å². The number of anilines is 1. The van der Waals surface area contributed by atoms with E-state index in [-0.39, 0.29) is 12.5 Å². The van der Waals surface area contributed by atoms with Crippen molar-refractivity contribution in [1.29, 1.82) is 0 Å². The van der Waals surface area contributed by atoms with Gasteiger partial charge in [-0.2, -0.15) is 0 Å². The molecule has 0 N–H and O–H groups in total. The van der Waals surface area contributed by atoms with Crippen LogP contribution in [0, 0.1) is 6.92 Å². The first kappa shape index (κ1) is 21.3. The number of hydrogen-bond acceptors (Lipinski definition) is 5. The van der Waals surface area contributed by atoms with Crippen LogP contribution < -0.4 is 4.31 Å². The van der Waals surface area contributed by atoms with Gasteiger partial charge in [-0.05, 0) is 31.5 Å². The molecule has 10 heteroatoms. The Morgan fingerprint density at radius 2 is 1.78 bits per heavy atom. The molecule has 1 saturated heterocycles. The summed E-state index contributed by atoms with van der Waals surface area (Å²) >= 11 is 6.00. The molecule has 1 aliphatic heterocycles. The summed E-state index contributed by atoms with van der Waals surface area (Å²) in [5.74, 6) is -0.330. The van der Waals surface area contributed by atoms with Crippen LogP contribution in [0.25, 0.3) is 0 Å². The summed E-state index contributed by atoms with van der Waals surface area (Å²) in [6, 6.07) is 4.90. The molecule has 0 aliphatic carbocycles. The molecule has 0 bridgehead atoms. The second-order valence-electron chi connectivity index (χ2n) is 6.27. The number of amides is 2. The van der Waals surface area contributed by atoms with Crippen LogP contribution in [0.5, 0.6) is 0 Å². The molecule has 1 aliphatic rings. The monoisotopic (exact) mass is 417 g/mol. The molecule has 0 unspecified atom stereocenters. The number of halogens is 1. The predicted molar refractivity (Wildman–Crippen MR) is 104 cm³/mol. The fraction of sp³-hybridized carbons (Fsp3) is 0.529. The summed E-state index contributed by atoms with van der Waals surface area (Å²) in [4.78, 5) is 27.5. The zero-order valence-corrected chi connectivity index (χ0v) is 17.2. The Balaban J connectivity index is 2.10. The van der Waals surface area contributed by atoms with Gasteiger partial charge in [-0.25, -0.2) is 13.2 Å². The molecule has 150 valence electrons. The molecule has 0 aromatic heterocycles. The SMILES string of the molecule is CCOC(=O)N1CCN(C(=O)CN(c2cc(Cl)ccc2C)S(C)(=O)=O)CC1. The van der Waals surface area contributed by atoms with Crippen molar-refractivity contribution in [3.05, 3.63) is 28.8 Å². The topological polar surface area (TPSA) is 87.2 Å². The van der Waals surface area contributed by atoms with E-state index in [9.17, 15) is 18.0 Å². The van der Waals surface area contributed by atoms with Gasteiger partial charge in [0.2, 0.25) is 15.9 Å². The highest BCUT2D eigenvalue weighted by atomic mass is 35.5. The molecule has 1 fully saturated rings. The Hall–Kier alpha value is -2.00. The van der Waals surface area contributed by atoms with E-state index >= 15 is 0 Å². The average Bonchev–Trinajstić information content (AvgIpc) is 2.61. The standard InChI is InChI=1S/C17H24ClN3O5S/c1-4-26-17(23)20-9-7-19(8-10-20)16(22)12-21(27(3,24)25)15-11-14(18)6-5-13(15)2/h5-6,11H,4,7-10,12H2,1-3H3. The maximum Gasteiger partial charge on any atom is 0.409 e. The van der Waals surface area contributed by atoms with Crippen molar-refractivity contribution in [1.82, 2.24) is 9.80 Å². The van der Waals surface area contributed by atoms with Crippen molar-refractivity contribution < 1.29 is 22.7 Å². The second kappa shape index (κ2) is 8.79. The van der Waals surface area contributed by atoms with E-state index in [1.807, 2.05) is 0 Å². The van der Waals surface area contributed by atoms with Gasteiger partial charge in [0.1, 0.15) is 6.54 Å². The Labute approximate surface area is 164 Å². The van der Waals surface area contributed by atoms with Crippen LogP contribution in [0.3, 0.4) is 0 Å². The molecule has 0 radical (unpaired) electrons. The lowest BCUT2D eigenvalue weighted by molar-refractivity contribution is -0.131. The molecular weight excluding hydrogens is 394 g/mol. The van der Waals surface area contributed by atoms with Crippen LogP contribution in [0.2, 0.25) is 5.02 Å². The quantitative estimate of drug-likeness (QED) is 0.727. The van der Waals surface area contributed by atoms with Crippen molar-refractivity contribution >= 4 is 39.3 Å². The highest BCUT2D eigenvalue weighted by Crippen LogP contribution is 2.26. The first-order valence-corrected chi connectivity index (χ1v) is 10.8. The number of carbonyl (C=O) groups is 2. The van der Waals surface area contributed by atoms with Gasteiger partial charge in [0.05, 0.1) is 18.6 Å². The van der Waals surface area contributed by atoms with Crippen LogP contribution in [0.15, 0.2) is 18.2 Å². The number of rotatable bonds is 5. The molecule has 0 saturated carbocycles. The Kier molecular flexibility index (Phi) is 6.94. The Morgan fingerprint density at radius 1 is 1.19 bits per heavy atom. The van der Waals surface area contributed by atoms with Gasteiger partial charge >= 0.3 is 6.09 Å². The van der Waals surface area contributed by atoms with Gasteiger partial charge in [0.15, 0.2) is 0 Å². The van der Waals surface area contributed by atoms with E-state index in [1.54, 1.807) is 30.9 Å². The minimum absolute atomic E-state index is 0.292. The van der Waals surface area contributed by atoms with E-state index in [2.05, 4.69) is 0 Å². The van der Waals surface area contributed by atoms with Crippen LogP contribution >= 0.6 is 11.6 Å². The van der Waals surface area contributed by atoms with Gasteiger partial charge in [0.25, 0.3) is 0 Å². The van der Waals surface area contributed by atoms with E-state index in [0.29, 0.717) is 49.1 Å². The normalized spacial score (nSPS) is 14.8. The average molecular weight is 418 g/mol. The lowest BCUT2D eigenvalue weighted by Gasteiger charge is -2.35. The molecular formula is C17H24ClN3O5S. The highest BCUT2D eigenvalue weighted by molar-refractivity contribution is 7.92. The minimum Gasteiger partial charge on any atom is -0.450 e. The first-order valence-electron chi connectivity index (χ1n) is 8.56. The largest absolute Gasteiger partial charge is 0.450 e. The number of carbonyl (C=O) groups excluding carboxylic acids is 2. The lowest BCUT2D eigenvalue weighted by atomic mass is 10.2. The van der Waals surface area contributed by atoms with Crippen LogP contribution in [-0.2, 0) is 19.6 Å². The molecule has 27 heavy (non-hydrogen) atoms. The summed E-state index contributed by atoms with van der Waals surface area (Å²) in [5, 5.41) is 0.389. The predicted octanol–water partition coefficient (Wildman–Crippen LogP) is 1.72. The molecule has 0 spiro atoms. The third-order valence-electron chi connectivity index (χ3n) is 4.28. The smallest absolute Gasteiger partial charge is 0.409 e. The van der Waals surface area contributed by atoms with Crippen molar-refractivity contribution in [3.63, 3.8) is 0 Å². The van der Waals surface area contributed by atoms with Crippen LogP contribution in [0.1, 0.15) is 12.5 Å². The Morgan fingerprint density at radius 3 is 2.33 bits per heavy atom. The van der Waals surface area contributed by atoms with Gasteiger partial charge in [-0.1, -0.05) is 17.7 Å². The van der Waals surface area contributed by atoms with Crippen molar-refractivity contribution in [2.45, 2.75) is 13.8 Å². The molecule has 1 aromatic rings. The zero-order valence-electron chi connectivity index (χ0n) is 15.6. The van der Waals surface area contributed by atoms with Crippen molar-refractivity contribution in [2.24, 2.45) is 0 Å². The third-order valence-corrected chi connectivity index (χ3v) is 5.64. The van der Waals surface area contributed by atoms with Gasteiger partial charge in [-0.15, -0.1) is 0 Å². The van der Waals surface area contributed by atoms with E-state index in [4.69, 9.17) is 16.3 Å². The lowest BCUT2D eigenvalue weighted by Crippen LogP contribution is -2.53. The number of ether oxygens (including phenoxy) is 1. The van der Waals surface area contributed by atoms with Crippen molar-refractivity contribution in [3.8, 4) is 0 Å². The van der Waals surface area contributed by atoms with Crippen LogP contribution in [0.4, 0.5) is 10.5 Å². The number of sulfonamides is 1. The van der Waals surface area contributed by atoms with E-state index in [0.717, 1.165) is 10.6 Å². The maximum absolute atomic E-state index is 12.7. The number of aryl methyl sites for hydroxylation is 1. The van der Waals surface area contributed by atoms with Gasteiger partial charge < -0.3 is 14.5 Å². The van der Waals surface area contributed by atoms with Gasteiger partial charge in [0, 0.05) is 31.2 Å². The molecule has 1 aromatic carbocycles. The second-order valence-corrected chi connectivity index (χ2v) is 8.61. The fourth-order valence-corrected chi connectivity index (χ4v) is 3.87. The number of benzene rings is 1. The molecule has 8 nitrogen and oxygen atoms in total. The summed E-state index contributed by atoms with van der Waals surface area (Å²) in [6.45, 7) is 4.80. The summed E-state index contributed by atoms with van der Waals surface area (Å²) in [5.41, 5.74) is 1.08. The third kappa shape index (κ3) is 5.49. The van der Waals surface area contributed by atoms with E-state index < -0.39 is 16.1 Å².